The van der Waals surface area contributed by atoms with Crippen LogP contribution in [0.3, 0.4) is 0 Å². The lowest BCUT2D eigenvalue weighted by atomic mass is 10.1. The number of hydrogen-bond donors (Lipinski definition) is 1. The maximum atomic E-state index is 12.0. The minimum atomic E-state index is -4.43. The van der Waals surface area contributed by atoms with Crippen molar-refractivity contribution in [3.05, 3.63) is 39.4 Å². The summed E-state index contributed by atoms with van der Waals surface area (Å²) in [4.78, 5) is 22.2. The Kier molecular flexibility index (Phi) is 5.86. The van der Waals surface area contributed by atoms with Gasteiger partial charge < -0.3 is 10.1 Å². The number of ether oxygens (including phenoxy) is 1. The molecule has 6 nitrogen and oxygen atoms in total. The van der Waals surface area contributed by atoms with Crippen LogP contribution in [0.1, 0.15) is 22.8 Å². The monoisotopic (exact) mass is 320 g/mol. The van der Waals surface area contributed by atoms with Crippen molar-refractivity contribution in [2.75, 3.05) is 13.2 Å². The molecule has 1 N–H and O–H groups in total. The summed E-state index contributed by atoms with van der Waals surface area (Å²) in [6, 6.07) is 3.36. The lowest BCUT2D eigenvalue weighted by Crippen LogP contribution is -2.37. The van der Waals surface area contributed by atoms with Gasteiger partial charge in [-0.15, -0.1) is 0 Å². The van der Waals surface area contributed by atoms with Gasteiger partial charge in [0.25, 0.3) is 11.6 Å². The van der Waals surface area contributed by atoms with Gasteiger partial charge in [0.05, 0.1) is 11.5 Å². The number of nitro benzene ring substituents is 1. The highest BCUT2D eigenvalue weighted by Crippen LogP contribution is 2.21. The van der Waals surface area contributed by atoms with Gasteiger partial charge in [-0.1, -0.05) is 6.07 Å². The number of hydrogen-bond acceptors (Lipinski definition) is 4. The Labute approximate surface area is 124 Å². The highest BCUT2D eigenvalue weighted by molar-refractivity contribution is 5.96. The van der Waals surface area contributed by atoms with Crippen LogP contribution < -0.4 is 5.32 Å². The summed E-state index contributed by atoms with van der Waals surface area (Å²) in [5, 5.41) is 13.2. The molecule has 0 aliphatic carbocycles. The summed E-state index contributed by atoms with van der Waals surface area (Å²) in [7, 11) is 0. The van der Waals surface area contributed by atoms with E-state index in [0.29, 0.717) is 0 Å². The minimum Gasteiger partial charge on any atom is -0.370 e. The van der Waals surface area contributed by atoms with Gasteiger partial charge in [-0.2, -0.15) is 13.2 Å². The van der Waals surface area contributed by atoms with Crippen LogP contribution in [0.4, 0.5) is 18.9 Å². The summed E-state index contributed by atoms with van der Waals surface area (Å²) in [5.74, 6) is -0.607. The Balaban J connectivity index is 2.66. The molecule has 1 aromatic carbocycles. The van der Waals surface area contributed by atoms with Crippen LogP contribution in [0.2, 0.25) is 0 Å². The number of halogens is 3. The second kappa shape index (κ2) is 7.21. The molecule has 0 aliphatic rings. The van der Waals surface area contributed by atoms with E-state index in [1.165, 1.54) is 32.0 Å². The van der Waals surface area contributed by atoms with Crippen LogP contribution in [0.25, 0.3) is 0 Å². The van der Waals surface area contributed by atoms with Gasteiger partial charge in [-0.25, -0.2) is 0 Å². The number of carbonyl (C=O) groups excluding carboxylic acids is 1. The number of amides is 1. The van der Waals surface area contributed by atoms with E-state index in [2.05, 4.69) is 10.1 Å². The first-order chi connectivity index (χ1) is 10.1. The molecule has 0 spiro atoms. The van der Waals surface area contributed by atoms with E-state index in [4.69, 9.17) is 0 Å². The average molecular weight is 320 g/mol. The van der Waals surface area contributed by atoms with Crippen LogP contribution in [-0.4, -0.2) is 36.3 Å². The standard InChI is InChI=1S/C13H15F3N2O4/c1-8(6-22-7-13(14,15)16)17-12(19)10-4-3-5-11(9(10)2)18(20)21/h3-5,8H,6-7H2,1-2H3,(H,17,19). The molecule has 0 fully saturated rings. The molecule has 9 heteroatoms. The molecule has 1 rings (SSSR count). The zero-order valence-corrected chi connectivity index (χ0v) is 11.9. The van der Waals surface area contributed by atoms with Crippen LogP contribution in [0.5, 0.6) is 0 Å². The lowest BCUT2D eigenvalue weighted by molar-refractivity contribution is -0.385. The van der Waals surface area contributed by atoms with Crippen molar-refractivity contribution in [2.45, 2.75) is 26.1 Å². The Bertz CT molecular complexity index is 561. The van der Waals surface area contributed by atoms with Crippen LogP contribution >= 0.6 is 0 Å². The van der Waals surface area contributed by atoms with E-state index in [1.54, 1.807) is 0 Å². The Morgan fingerprint density at radius 1 is 1.45 bits per heavy atom. The zero-order valence-electron chi connectivity index (χ0n) is 11.9. The van der Waals surface area contributed by atoms with Gasteiger partial charge in [-0.05, 0) is 19.9 Å². The summed E-state index contributed by atoms with van der Waals surface area (Å²) < 4.78 is 40.2. The van der Waals surface area contributed by atoms with Crippen LogP contribution in [0, 0.1) is 17.0 Å². The van der Waals surface area contributed by atoms with Crippen molar-refractivity contribution in [3.63, 3.8) is 0 Å². The molecule has 0 saturated heterocycles. The highest BCUT2D eigenvalue weighted by Gasteiger charge is 2.28. The van der Waals surface area contributed by atoms with E-state index in [1.807, 2.05) is 0 Å². The maximum Gasteiger partial charge on any atom is 0.411 e. The summed E-state index contributed by atoms with van der Waals surface area (Å²) in [5.41, 5.74) is 0.0823. The molecule has 0 heterocycles. The van der Waals surface area contributed by atoms with Gasteiger partial charge in [0.1, 0.15) is 6.61 Å². The molecule has 0 aromatic heterocycles. The second-order valence-corrected chi connectivity index (χ2v) is 4.71. The quantitative estimate of drug-likeness (QED) is 0.645. The van der Waals surface area contributed by atoms with Gasteiger partial charge in [0.15, 0.2) is 0 Å². The fourth-order valence-electron chi connectivity index (χ4n) is 1.76. The van der Waals surface area contributed by atoms with E-state index in [9.17, 15) is 28.1 Å². The van der Waals surface area contributed by atoms with Gasteiger partial charge in [-0.3, -0.25) is 14.9 Å². The SMILES string of the molecule is Cc1c(C(=O)NC(C)COCC(F)(F)F)cccc1[N+](=O)[O-]. The molecule has 0 bridgehead atoms. The fraction of sp³-hybridized carbons (Fsp3) is 0.462. The van der Waals surface area contributed by atoms with Crippen molar-refractivity contribution >= 4 is 11.6 Å². The zero-order chi connectivity index (χ0) is 16.9. The van der Waals surface area contributed by atoms with Crippen molar-refractivity contribution in [1.29, 1.82) is 0 Å². The van der Waals surface area contributed by atoms with E-state index < -0.39 is 29.7 Å². The van der Waals surface area contributed by atoms with Crippen LogP contribution in [0.15, 0.2) is 18.2 Å². The molecular weight excluding hydrogens is 305 g/mol. The van der Waals surface area contributed by atoms with Crippen molar-refractivity contribution in [2.24, 2.45) is 0 Å². The highest BCUT2D eigenvalue weighted by atomic mass is 19.4. The largest absolute Gasteiger partial charge is 0.411 e. The molecule has 1 amide bonds. The lowest BCUT2D eigenvalue weighted by Gasteiger charge is -2.16. The Morgan fingerprint density at radius 2 is 2.09 bits per heavy atom. The Hall–Kier alpha value is -2.16. The minimum absolute atomic E-state index is 0.0943. The van der Waals surface area contributed by atoms with E-state index >= 15 is 0 Å². The molecule has 0 aliphatic heterocycles. The molecule has 1 atom stereocenters. The fourth-order valence-corrected chi connectivity index (χ4v) is 1.76. The van der Waals surface area contributed by atoms with E-state index in [-0.39, 0.29) is 23.4 Å². The number of nitrogens with one attached hydrogen (secondary N) is 1. The third-order valence-electron chi connectivity index (χ3n) is 2.76. The Morgan fingerprint density at radius 3 is 2.64 bits per heavy atom. The van der Waals surface area contributed by atoms with Crippen LogP contribution in [-0.2, 0) is 4.74 Å². The number of alkyl halides is 3. The first kappa shape index (κ1) is 17.9. The predicted octanol–water partition coefficient (Wildman–Crippen LogP) is 2.60. The average Bonchev–Trinajstić information content (AvgIpc) is 2.36. The third-order valence-corrected chi connectivity index (χ3v) is 2.76. The third kappa shape index (κ3) is 5.32. The summed E-state index contributed by atoms with van der Waals surface area (Å²) in [6.45, 7) is 1.18. The second-order valence-electron chi connectivity index (χ2n) is 4.71. The van der Waals surface area contributed by atoms with Gasteiger partial charge in [0.2, 0.25) is 0 Å². The number of nitro groups is 1. The van der Waals surface area contributed by atoms with Gasteiger partial charge in [0, 0.05) is 23.2 Å². The molecule has 0 saturated carbocycles. The topological polar surface area (TPSA) is 81.5 Å². The number of carbonyl (C=O) groups is 1. The molecule has 122 valence electrons. The van der Waals surface area contributed by atoms with Crippen molar-refractivity contribution in [1.82, 2.24) is 5.32 Å². The summed E-state index contributed by atoms with van der Waals surface area (Å²) in [6.07, 6.45) is -4.43. The number of benzene rings is 1. The summed E-state index contributed by atoms with van der Waals surface area (Å²) >= 11 is 0. The normalized spacial score (nSPS) is 12.8. The first-order valence-electron chi connectivity index (χ1n) is 6.31. The number of nitrogens with zero attached hydrogens (tertiary/aromatic N) is 1. The molecular formula is C13H15F3N2O4. The molecule has 0 radical (unpaired) electrons. The van der Waals surface area contributed by atoms with Gasteiger partial charge >= 0.3 is 6.18 Å². The molecule has 22 heavy (non-hydrogen) atoms. The maximum absolute atomic E-state index is 12.0. The first-order valence-corrected chi connectivity index (χ1v) is 6.31. The smallest absolute Gasteiger partial charge is 0.370 e. The predicted molar refractivity (Wildman–Crippen MR) is 71.6 cm³/mol. The molecule has 1 aromatic rings. The van der Waals surface area contributed by atoms with Crippen molar-refractivity contribution in [3.8, 4) is 0 Å². The molecule has 1 unspecified atom stereocenters. The van der Waals surface area contributed by atoms with E-state index in [0.717, 1.165) is 0 Å². The van der Waals surface area contributed by atoms with Crippen molar-refractivity contribution < 1.29 is 27.6 Å². The number of rotatable bonds is 6.